The van der Waals surface area contributed by atoms with Crippen LogP contribution in [0.15, 0.2) is 55.0 Å². The van der Waals surface area contributed by atoms with Crippen LogP contribution in [-0.4, -0.2) is 29.7 Å². The summed E-state index contributed by atoms with van der Waals surface area (Å²) in [6.45, 7) is 1.94. The first-order valence-electron chi connectivity index (χ1n) is 9.11. The highest BCUT2D eigenvalue weighted by Crippen LogP contribution is 2.34. The summed E-state index contributed by atoms with van der Waals surface area (Å²) >= 11 is 0. The molecule has 0 fully saturated rings. The Morgan fingerprint density at radius 3 is 2.67 bits per heavy atom. The highest BCUT2D eigenvalue weighted by molar-refractivity contribution is 5.93. The first kappa shape index (κ1) is 17.8. The second-order valence-electron chi connectivity index (χ2n) is 6.93. The molecule has 0 saturated heterocycles. The Labute approximate surface area is 169 Å². The number of carbonyl (C=O) groups is 1. The number of aryl methyl sites for hydroxylation is 1. The molecule has 0 atom stereocenters. The van der Waals surface area contributed by atoms with E-state index in [0.29, 0.717) is 22.6 Å². The lowest BCUT2D eigenvalue weighted by Crippen LogP contribution is -2.10. The van der Waals surface area contributed by atoms with Gasteiger partial charge in [-0.2, -0.15) is 0 Å². The third-order valence-corrected chi connectivity index (χ3v) is 4.95. The highest BCUT2D eigenvalue weighted by Gasteiger charge is 2.20. The SMILES string of the molecule is Cc1cnc2ccc(-c3c(-c4cccc(F)c4)nc(N)c4nc(C(N)=O)cn34)cn12. The zero-order valence-electron chi connectivity index (χ0n) is 15.9. The van der Waals surface area contributed by atoms with Gasteiger partial charge < -0.3 is 15.9 Å². The molecule has 148 valence electrons. The molecular formula is C21H16FN7O. The minimum absolute atomic E-state index is 0.0565. The van der Waals surface area contributed by atoms with Crippen molar-refractivity contribution < 1.29 is 9.18 Å². The van der Waals surface area contributed by atoms with Gasteiger partial charge in [-0.15, -0.1) is 0 Å². The van der Waals surface area contributed by atoms with Crippen LogP contribution in [0.4, 0.5) is 10.2 Å². The van der Waals surface area contributed by atoms with Gasteiger partial charge in [-0.1, -0.05) is 12.1 Å². The van der Waals surface area contributed by atoms with Crippen molar-refractivity contribution in [1.82, 2.24) is 23.8 Å². The maximum Gasteiger partial charge on any atom is 0.268 e. The van der Waals surface area contributed by atoms with E-state index in [4.69, 9.17) is 11.5 Å². The molecule has 30 heavy (non-hydrogen) atoms. The summed E-state index contributed by atoms with van der Waals surface area (Å²) in [6.07, 6.45) is 5.18. The number of anilines is 1. The topological polar surface area (TPSA) is 117 Å². The van der Waals surface area contributed by atoms with E-state index in [1.165, 1.54) is 18.3 Å². The Balaban J connectivity index is 1.90. The van der Waals surface area contributed by atoms with Crippen LogP contribution >= 0.6 is 0 Å². The summed E-state index contributed by atoms with van der Waals surface area (Å²) in [6, 6.07) is 9.82. The largest absolute Gasteiger partial charge is 0.381 e. The summed E-state index contributed by atoms with van der Waals surface area (Å²) in [4.78, 5) is 24.8. The number of aromatic nitrogens is 5. The van der Waals surface area contributed by atoms with Gasteiger partial charge in [-0.05, 0) is 31.2 Å². The van der Waals surface area contributed by atoms with Gasteiger partial charge in [0.1, 0.15) is 17.2 Å². The van der Waals surface area contributed by atoms with E-state index >= 15 is 0 Å². The van der Waals surface area contributed by atoms with Gasteiger partial charge in [0.2, 0.25) is 0 Å². The van der Waals surface area contributed by atoms with Crippen LogP contribution in [0.1, 0.15) is 16.2 Å². The van der Waals surface area contributed by atoms with E-state index in [0.717, 1.165) is 16.9 Å². The summed E-state index contributed by atoms with van der Waals surface area (Å²) in [7, 11) is 0. The van der Waals surface area contributed by atoms with Crippen LogP contribution in [0.25, 0.3) is 33.8 Å². The third-order valence-electron chi connectivity index (χ3n) is 4.95. The van der Waals surface area contributed by atoms with Crippen molar-refractivity contribution in [3.05, 3.63) is 72.2 Å². The van der Waals surface area contributed by atoms with E-state index in [1.54, 1.807) is 22.7 Å². The molecule has 0 radical (unpaired) electrons. The number of nitrogen functional groups attached to an aromatic ring is 1. The highest BCUT2D eigenvalue weighted by atomic mass is 19.1. The molecule has 4 aromatic heterocycles. The summed E-state index contributed by atoms with van der Waals surface area (Å²) < 4.78 is 17.6. The molecule has 0 aliphatic carbocycles. The first-order valence-corrected chi connectivity index (χ1v) is 9.11. The Morgan fingerprint density at radius 1 is 1.07 bits per heavy atom. The van der Waals surface area contributed by atoms with Crippen molar-refractivity contribution in [1.29, 1.82) is 0 Å². The number of halogens is 1. The molecule has 5 rings (SSSR count). The number of nitrogens with zero attached hydrogens (tertiary/aromatic N) is 5. The number of primary amides is 1. The molecule has 0 aliphatic heterocycles. The predicted molar refractivity (Wildman–Crippen MR) is 110 cm³/mol. The number of imidazole rings is 2. The van der Waals surface area contributed by atoms with Crippen LogP contribution in [-0.2, 0) is 0 Å². The minimum atomic E-state index is -0.683. The Hall–Kier alpha value is -4.27. The van der Waals surface area contributed by atoms with Crippen LogP contribution in [0, 0.1) is 12.7 Å². The number of rotatable bonds is 3. The van der Waals surface area contributed by atoms with E-state index in [9.17, 15) is 9.18 Å². The molecule has 5 aromatic rings. The maximum atomic E-state index is 14.0. The fourth-order valence-electron chi connectivity index (χ4n) is 3.54. The van der Waals surface area contributed by atoms with E-state index in [2.05, 4.69) is 15.0 Å². The van der Waals surface area contributed by atoms with Crippen molar-refractivity contribution in [2.24, 2.45) is 5.73 Å². The molecule has 4 heterocycles. The number of hydrogen-bond donors (Lipinski definition) is 2. The zero-order valence-corrected chi connectivity index (χ0v) is 15.9. The standard InChI is InChI=1S/C21H16FN7O/c1-11-8-25-16-6-5-13(9-28(11)16)18-17(12-3-2-4-14(22)7-12)27-19(23)21-26-15(20(24)30)10-29(18)21/h2-10H,1H3,(H2,23,27)(H2,24,30). The van der Waals surface area contributed by atoms with Crippen molar-refractivity contribution in [2.75, 3.05) is 5.73 Å². The summed E-state index contributed by atoms with van der Waals surface area (Å²) in [5, 5.41) is 0. The maximum absolute atomic E-state index is 14.0. The van der Waals surface area contributed by atoms with Gasteiger partial charge >= 0.3 is 0 Å². The number of benzene rings is 1. The van der Waals surface area contributed by atoms with E-state index in [1.807, 2.05) is 29.7 Å². The quantitative estimate of drug-likeness (QED) is 0.482. The lowest BCUT2D eigenvalue weighted by Gasteiger charge is -2.14. The number of hydrogen-bond acceptors (Lipinski definition) is 5. The average molecular weight is 401 g/mol. The van der Waals surface area contributed by atoms with Gasteiger partial charge in [-0.3, -0.25) is 9.20 Å². The molecule has 0 unspecified atom stereocenters. The van der Waals surface area contributed by atoms with Gasteiger partial charge in [0.05, 0.1) is 11.4 Å². The summed E-state index contributed by atoms with van der Waals surface area (Å²) in [5.41, 5.74) is 16.0. The minimum Gasteiger partial charge on any atom is -0.381 e. The van der Waals surface area contributed by atoms with Crippen molar-refractivity contribution in [3.8, 4) is 22.5 Å². The van der Waals surface area contributed by atoms with Crippen LogP contribution < -0.4 is 11.5 Å². The Morgan fingerprint density at radius 2 is 1.90 bits per heavy atom. The van der Waals surface area contributed by atoms with Crippen molar-refractivity contribution >= 4 is 23.0 Å². The molecule has 4 N–H and O–H groups in total. The molecule has 1 aromatic carbocycles. The summed E-state index contributed by atoms with van der Waals surface area (Å²) in [5.74, 6) is -0.981. The monoisotopic (exact) mass is 401 g/mol. The third kappa shape index (κ3) is 2.67. The van der Waals surface area contributed by atoms with Gasteiger partial charge in [0.25, 0.3) is 5.91 Å². The van der Waals surface area contributed by atoms with Gasteiger partial charge in [0.15, 0.2) is 11.5 Å². The normalized spacial score (nSPS) is 11.4. The second kappa shape index (κ2) is 6.38. The molecule has 9 heteroatoms. The second-order valence-corrected chi connectivity index (χ2v) is 6.93. The number of fused-ring (bicyclic) bond motifs is 2. The first-order chi connectivity index (χ1) is 14.4. The zero-order chi connectivity index (χ0) is 21.0. The smallest absolute Gasteiger partial charge is 0.268 e. The molecule has 0 saturated carbocycles. The number of nitrogens with two attached hydrogens (primary N) is 2. The van der Waals surface area contributed by atoms with Crippen molar-refractivity contribution in [3.63, 3.8) is 0 Å². The van der Waals surface area contributed by atoms with Crippen LogP contribution in [0.3, 0.4) is 0 Å². The lowest BCUT2D eigenvalue weighted by atomic mass is 10.0. The molecule has 0 spiro atoms. The Kier molecular flexibility index (Phi) is 3.78. The van der Waals surface area contributed by atoms with Gasteiger partial charge in [-0.25, -0.2) is 19.3 Å². The Bertz CT molecular complexity index is 1470. The van der Waals surface area contributed by atoms with Crippen LogP contribution in [0.2, 0.25) is 0 Å². The fourth-order valence-corrected chi connectivity index (χ4v) is 3.54. The number of pyridine rings is 1. The molecule has 1 amide bonds. The predicted octanol–water partition coefficient (Wildman–Crippen LogP) is 2.84. The van der Waals surface area contributed by atoms with E-state index in [-0.39, 0.29) is 11.5 Å². The van der Waals surface area contributed by atoms with E-state index < -0.39 is 11.7 Å². The molecule has 0 bridgehead atoms. The molecular weight excluding hydrogens is 385 g/mol. The number of amides is 1. The fraction of sp³-hybridized carbons (Fsp3) is 0.0476. The van der Waals surface area contributed by atoms with Gasteiger partial charge in [0, 0.05) is 35.4 Å². The van der Waals surface area contributed by atoms with Crippen molar-refractivity contribution in [2.45, 2.75) is 6.92 Å². The number of carbonyl (C=O) groups excluding carboxylic acids is 1. The lowest BCUT2D eigenvalue weighted by molar-refractivity contribution is 0.0996. The average Bonchev–Trinajstić information content (AvgIpc) is 3.33. The van der Waals surface area contributed by atoms with Crippen LogP contribution in [0.5, 0.6) is 0 Å². The molecule has 0 aliphatic rings. The molecule has 8 nitrogen and oxygen atoms in total.